The number of benzene rings is 3. The molecule has 202 valence electrons. The molecule has 0 aliphatic carbocycles. The molecule has 3 nitrogen and oxygen atoms in total. The summed E-state index contributed by atoms with van der Waals surface area (Å²) < 4.78 is 0. The number of para-hydroxylation sites is 1. The standard InChI is InChI=1S/C32H41N3.Ag.ClH/c1-6-30(26-14-9-7-10-15-26)33-31(27-16-11-8-12-17-27)22-34-20-21-35(23-34)32-28(24(2)3)18-13-19-29(32)25(4)5;;/h7-21,24-25,30-31,33H,6,22-23H2,1-5H3;;1H/q;+1;/p-1/t30-,31+;;/m0../s1. The molecule has 1 heterocycles. The van der Waals surface area contributed by atoms with Gasteiger partial charge in [0.1, 0.15) is 0 Å². The van der Waals surface area contributed by atoms with Crippen molar-refractivity contribution in [2.24, 2.45) is 0 Å². The molecule has 5 heteroatoms. The summed E-state index contributed by atoms with van der Waals surface area (Å²) in [7, 11) is 4.45. The number of rotatable bonds is 10. The van der Waals surface area contributed by atoms with Gasteiger partial charge in [0.25, 0.3) is 0 Å². The van der Waals surface area contributed by atoms with Gasteiger partial charge in [0.15, 0.2) is 0 Å². The average Bonchev–Trinajstić information content (AvgIpc) is 3.40. The number of anilines is 1. The molecular weight excluding hydrogens is 570 g/mol. The molecule has 0 bridgehead atoms. The fourth-order valence-electron chi connectivity index (χ4n) is 5.12. The Morgan fingerprint density at radius 1 is 0.730 bits per heavy atom. The Bertz CT molecular complexity index is 1080. The Hall–Kier alpha value is -2.01. The van der Waals surface area contributed by atoms with E-state index >= 15 is 0 Å². The van der Waals surface area contributed by atoms with Gasteiger partial charge in [0.05, 0.1) is 12.7 Å². The van der Waals surface area contributed by atoms with E-state index in [1.807, 2.05) is 0 Å². The van der Waals surface area contributed by atoms with Crippen LogP contribution in [0.1, 0.15) is 87.2 Å². The van der Waals surface area contributed by atoms with Gasteiger partial charge in [-0.3, -0.25) is 0 Å². The van der Waals surface area contributed by atoms with Crippen molar-refractivity contribution in [1.29, 1.82) is 0 Å². The zero-order valence-corrected chi connectivity index (χ0v) is 24.9. The van der Waals surface area contributed by atoms with Crippen LogP contribution in [0.25, 0.3) is 0 Å². The van der Waals surface area contributed by atoms with Crippen molar-refractivity contribution in [1.82, 2.24) is 10.2 Å². The van der Waals surface area contributed by atoms with Gasteiger partial charge >= 0.3 is 29.2 Å². The van der Waals surface area contributed by atoms with Crippen LogP contribution in [-0.4, -0.2) is 18.1 Å². The molecule has 1 N–H and O–H groups in total. The molecule has 37 heavy (non-hydrogen) atoms. The SMILES string of the molecule is CC[C@H](N[C@H](CN1C=CN(c2c(C(C)C)cccc2C(C)C)C1)c1ccccc1)c1ccccc1.[Cl][Ag]. The van der Waals surface area contributed by atoms with Crippen LogP contribution in [0.3, 0.4) is 0 Å². The van der Waals surface area contributed by atoms with Crippen molar-refractivity contribution < 1.29 is 20.0 Å². The van der Waals surface area contributed by atoms with Crippen molar-refractivity contribution in [2.75, 3.05) is 18.1 Å². The molecule has 1 aliphatic heterocycles. The first-order valence-corrected chi connectivity index (χ1v) is 15.2. The number of nitrogens with zero attached hydrogens (tertiary/aromatic N) is 2. The van der Waals surface area contributed by atoms with Crippen LogP contribution in [0, 0.1) is 0 Å². The van der Waals surface area contributed by atoms with E-state index in [1.165, 1.54) is 27.9 Å². The summed E-state index contributed by atoms with van der Waals surface area (Å²) in [5, 5.41) is 3.98. The van der Waals surface area contributed by atoms with E-state index in [4.69, 9.17) is 0 Å². The summed E-state index contributed by atoms with van der Waals surface area (Å²) in [6.07, 6.45) is 5.58. The molecule has 2 atom stereocenters. The van der Waals surface area contributed by atoms with Crippen molar-refractivity contribution in [2.45, 2.75) is 65.0 Å². The molecule has 0 radical (unpaired) electrons. The Morgan fingerprint density at radius 2 is 1.24 bits per heavy atom. The average molecular weight is 611 g/mol. The Kier molecular flexibility index (Phi) is 11.8. The zero-order chi connectivity index (χ0) is 26.8. The summed E-state index contributed by atoms with van der Waals surface area (Å²) in [6, 6.07) is 29.1. The van der Waals surface area contributed by atoms with Crippen LogP contribution in [0.15, 0.2) is 91.3 Å². The molecule has 0 unspecified atom stereocenters. The first-order chi connectivity index (χ1) is 18.0. The predicted octanol–water partition coefficient (Wildman–Crippen LogP) is 8.65. The van der Waals surface area contributed by atoms with Crippen LogP contribution in [0.5, 0.6) is 0 Å². The molecule has 3 aromatic carbocycles. The predicted molar refractivity (Wildman–Crippen MR) is 155 cm³/mol. The first kappa shape index (κ1) is 29.5. The van der Waals surface area contributed by atoms with Gasteiger partial charge in [-0.2, -0.15) is 0 Å². The third-order valence-corrected chi connectivity index (χ3v) is 7.05. The Morgan fingerprint density at radius 3 is 1.73 bits per heavy atom. The summed E-state index contributed by atoms with van der Waals surface area (Å²) in [6.45, 7) is 13.2. The van der Waals surface area contributed by atoms with Crippen LogP contribution in [0.4, 0.5) is 5.69 Å². The van der Waals surface area contributed by atoms with Gasteiger partial charge in [-0.15, -0.1) is 0 Å². The number of hydrogen-bond acceptors (Lipinski definition) is 3. The minimum atomic E-state index is 0.232. The molecule has 0 saturated heterocycles. The minimum absolute atomic E-state index is 0.232. The van der Waals surface area contributed by atoms with E-state index in [9.17, 15) is 0 Å². The van der Waals surface area contributed by atoms with Crippen LogP contribution in [0.2, 0.25) is 0 Å². The first-order valence-electron chi connectivity index (χ1n) is 13.3. The van der Waals surface area contributed by atoms with Gasteiger partial charge in [-0.1, -0.05) is 113 Å². The molecule has 3 aromatic rings. The molecule has 0 aromatic heterocycles. The van der Waals surface area contributed by atoms with Crippen molar-refractivity contribution >= 4 is 14.9 Å². The summed E-state index contributed by atoms with van der Waals surface area (Å²) in [4.78, 5) is 4.89. The van der Waals surface area contributed by atoms with E-state index in [0.29, 0.717) is 17.9 Å². The molecule has 0 amide bonds. The maximum absolute atomic E-state index is 4.45. The van der Waals surface area contributed by atoms with Gasteiger partial charge in [0.2, 0.25) is 0 Å². The van der Waals surface area contributed by atoms with Gasteiger partial charge in [-0.25, -0.2) is 0 Å². The maximum atomic E-state index is 4.45. The molecule has 0 saturated carbocycles. The summed E-state index contributed by atoms with van der Waals surface area (Å²) in [5.74, 6) is 0.974. The third-order valence-electron chi connectivity index (χ3n) is 7.05. The summed E-state index contributed by atoms with van der Waals surface area (Å²) >= 11 is 2.42. The quantitative estimate of drug-likeness (QED) is 0.232. The van der Waals surface area contributed by atoms with E-state index in [-0.39, 0.29) is 6.04 Å². The fourth-order valence-corrected chi connectivity index (χ4v) is 5.12. The number of nitrogens with one attached hydrogen (secondary N) is 1. The second-order valence-electron chi connectivity index (χ2n) is 10.3. The van der Waals surface area contributed by atoms with Gasteiger partial charge in [-0.05, 0) is 40.5 Å². The van der Waals surface area contributed by atoms with Crippen LogP contribution in [-0.2, 0) is 20.0 Å². The fraction of sp³-hybridized carbons (Fsp3) is 0.375. The third kappa shape index (κ3) is 7.75. The Labute approximate surface area is 240 Å². The van der Waals surface area contributed by atoms with Crippen molar-refractivity contribution in [3.63, 3.8) is 0 Å². The van der Waals surface area contributed by atoms with Crippen LogP contribution >= 0.6 is 9.19 Å². The summed E-state index contributed by atoms with van der Waals surface area (Å²) in [5.41, 5.74) is 6.92. The van der Waals surface area contributed by atoms with Crippen molar-refractivity contribution in [3.8, 4) is 0 Å². The van der Waals surface area contributed by atoms with Crippen molar-refractivity contribution in [3.05, 3.63) is 114 Å². The molecular formula is C32H41AgClN3. The van der Waals surface area contributed by atoms with E-state index in [1.54, 1.807) is 0 Å². The number of hydrogen-bond donors (Lipinski definition) is 1. The van der Waals surface area contributed by atoms with E-state index in [2.05, 4.69) is 170 Å². The zero-order valence-electron chi connectivity index (χ0n) is 22.7. The topological polar surface area (TPSA) is 18.5 Å². The van der Waals surface area contributed by atoms with E-state index in [0.717, 1.165) is 19.6 Å². The Balaban J connectivity index is 0.00000186. The molecule has 0 spiro atoms. The second kappa shape index (κ2) is 14.8. The van der Waals surface area contributed by atoms with Gasteiger partial charge in [0, 0.05) is 30.7 Å². The molecule has 1 aliphatic rings. The van der Waals surface area contributed by atoms with Crippen LogP contribution < -0.4 is 10.2 Å². The number of halogens is 1. The monoisotopic (exact) mass is 609 g/mol. The molecule has 0 fully saturated rings. The van der Waals surface area contributed by atoms with E-state index < -0.39 is 0 Å². The normalized spacial score (nSPS) is 14.6. The van der Waals surface area contributed by atoms with Gasteiger partial charge < -0.3 is 15.1 Å². The molecule has 4 rings (SSSR count). The second-order valence-corrected chi connectivity index (χ2v) is 10.3.